The maximum absolute atomic E-state index is 10.1. The summed E-state index contributed by atoms with van der Waals surface area (Å²) in [5.41, 5.74) is 0.0753. The Morgan fingerprint density at radius 3 is 2.15 bits per heavy atom. The van der Waals surface area contributed by atoms with E-state index >= 15 is 0 Å². The van der Waals surface area contributed by atoms with E-state index in [1.807, 2.05) is 0 Å². The van der Waals surface area contributed by atoms with Crippen LogP contribution < -0.4 is 5.32 Å². The lowest BCUT2D eigenvalue weighted by atomic mass is 10.1. The molecule has 5 nitrogen and oxygen atoms in total. The molecular formula is C15H34N4O. The number of hydrogen-bond acceptors (Lipinski definition) is 5. The lowest BCUT2D eigenvalue weighted by Crippen LogP contribution is -2.51. The molecule has 1 unspecified atom stereocenters. The van der Waals surface area contributed by atoms with E-state index in [1.54, 1.807) is 0 Å². The molecule has 0 radical (unpaired) electrons. The summed E-state index contributed by atoms with van der Waals surface area (Å²) < 4.78 is 0. The second kappa shape index (κ2) is 8.29. The molecule has 0 aliphatic carbocycles. The third-order valence-corrected chi connectivity index (χ3v) is 3.67. The van der Waals surface area contributed by atoms with Gasteiger partial charge in [0.2, 0.25) is 0 Å². The molecule has 1 atom stereocenters. The molecule has 5 heteroatoms. The molecule has 20 heavy (non-hydrogen) atoms. The van der Waals surface area contributed by atoms with E-state index < -0.39 is 0 Å². The van der Waals surface area contributed by atoms with E-state index in [9.17, 15) is 5.11 Å². The SMILES string of the molecule is CN(C)CCN1CCN(CC(O)CNC(C)(C)C)CC1. The zero-order valence-corrected chi connectivity index (χ0v) is 14.0. The molecule has 2 N–H and O–H groups in total. The molecule has 1 rings (SSSR count). The minimum absolute atomic E-state index is 0.0753. The summed E-state index contributed by atoms with van der Waals surface area (Å²) in [7, 11) is 4.24. The molecule has 120 valence electrons. The maximum atomic E-state index is 10.1. The smallest absolute Gasteiger partial charge is 0.0791 e. The molecule has 1 aliphatic heterocycles. The lowest BCUT2D eigenvalue weighted by Gasteiger charge is -2.36. The molecule has 0 saturated carbocycles. The topological polar surface area (TPSA) is 42.0 Å². The quantitative estimate of drug-likeness (QED) is 0.685. The lowest BCUT2D eigenvalue weighted by molar-refractivity contribution is 0.0675. The van der Waals surface area contributed by atoms with Crippen molar-refractivity contribution in [1.82, 2.24) is 20.0 Å². The number of likely N-dealkylation sites (N-methyl/N-ethyl adjacent to an activating group) is 1. The Balaban J connectivity index is 2.15. The van der Waals surface area contributed by atoms with Crippen LogP contribution in [0.2, 0.25) is 0 Å². The second-order valence-corrected chi connectivity index (χ2v) is 7.23. The van der Waals surface area contributed by atoms with Gasteiger partial charge in [0.25, 0.3) is 0 Å². The molecule has 0 bridgehead atoms. The fourth-order valence-electron chi connectivity index (χ4n) is 2.32. The van der Waals surface area contributed by atoms with Crippen molar-refractivity contribution >= 4 is 0 Å². The summed E-state index contributed by atoms with van der Waals surface area (Å²) in [6.07, 6.45) is -0.275. The summed E-state index contributed by atoms with van der Waals surface area (Å²) in [6.45, 7) is 14.5. The highest BCUT2D eigenvalue weighted by atomic mass is 16.3. The molecule has 1 saturated heterocycles. The third-order valence-electron chi connectivity index (χ3n) is 3.67. The zero-order chi connectivity index (χ0) is 15.2. The first-order valence-corrected chi connectivity index (χ1v) is 7.79. The molecule has 0 aromatic carbocycles. The normalized spacial score (nSPS) is 20.6. The van der Waals surface area contributed by atoms with Crippen LogP contribution in [0, 0.1) is 0 Å². The molecule has 0 aromatic heterocycles. The van der Waals surface area contributed by atoms with Crippen LogP contribution in [0.3, 0.4) is 0 Å². The molecule has 0 aromatic rings. The molecule has 0 spiro atoms. The summed E-state index contributed by atoms with van der Waals surface area (Å²) >= 11 is 0. The fraction of sp³-hybridized carbons (Fsp3) is 1.00. The van der Waals surface area contributed by atoms with Crippen LogP contribution in [0.25, 0.3) is 0 Å². The number of hydrogen-bond donors (Lipinski definition) is 2. The van der Waals surface area contributed by atoms with E-state index in [-0.39, 0.29) is 11.6 Å². The highest BCUT2D eigenvalue weighted by molar-refractivity contribution is 4.78. The van der Waals surface area contributed by atoms with E-state index in [0.717, 1.165) is 45.8 Å². The Morgan fingerprint density at radius 2 is 1.65 bits per heavy atom. The first-order chi connectivity index (χ1) is 9.26. The Labute approximate surface area is 124 Å². The van der Waals surface area contributed by atoms with Gasteiger partial charge in [0.1, 0.15) is 0 Å². The second-order valence-electron chi connectivity index (χ2n) is 7.23. The van der Waals surface area contributed by atoms with Gasteiger partial charge >= 0.3 is 0 Å². The van der Waals surface area contributed by atoms with Gasteiger partial charge in [-0.1, -0.05) is 0 Å². The van der Waals surface area contributed by atoms with Crippen LogP contribution in [-0.2, 0) is 0 Å². The number of nitrogens with one attached hydrogen (secondary N) is 1. The minimum atomic E-state index is -0.275. The van der Waals surface area contributed by atoms with Gasteiger partial charge in [-0.05, 0) is 34.9 Å². The van der Waals surface area contributed by atoms with Crippen LogP contribution in [0.1, 0.15) is 20.8 Å². The van der Waals surface area contributed by atoms with Gasteiger partial charge in [-0.15, -0.1) is 0 Å². The van der Waals surface area contributed by atoms with Gasteiger partial charge < -0.3 is 15.3 Å². The largest absolute Gasteiger partial charge is 0.390 e. The zero-order valence-electron chi connectivity index (χ0n) is 14.0. The van der Waals surface area contributed by atoms with Crippen molar-refractivity contribution in [3.05, 3.63) is 0 Å². The van der Waals surface area contributed by atoms with Crippen molar-refractivity contribution < 1.29 is 5.11 Å². The van der Waals surface area contributed by atoms with Crippen molar-refractivity contribution in [2.24, 2.45) is 0 Å². The van der Waals surface area contributed by atoms with Gasteiger partial charge in [0, 0.05) is 57.9 Å². The van der Waals surface area contributed by atoms with Crippen molar-refractivity contribution in [3.63, 3.8) is 0 Å². The van der Waals surface area contributed by atoms with Crippen LogP contribution >= 0.6 is 0 Å². The van der Waals surface area contributed by atoms with Gasteiger partial charge in [-0.25, -0.2) is 0 Å². The van der Waals surface area contributed by atoms with E-state index in [4.69, 9.17) is 0 Å². The molecule has 1 aliphatic rings. The van der Waals surface area contributed by atoms with Crippen LogP contribution in [0.15, 0.2) is 0 Å². The number of aliphatic hydroxyl groups excluding tert-OH is 1. The first kappa shape index (κ1) is 17.9. The predicted octanol–water partition coefficient (Wildman–Crippen LogP) is -0.0854. The molecule has 0 amide bonds. The summed E-state index contributed by atoms with van der Waals surface area (Å²) in [5.74, 6) is 0. The first-order valence-electron chi connectivity index (χ1n) is 7.79. The van der Waals surface area contributed by atoms with Crippen LogP contribution in [0.5, 0.6) is 0 Å². The van der Waals surface area contributed by atoms with Crippen molar-refractivity contribution in [1.29, 1.82) is 0 Å². The number of rotatable bonds is 7. The molecule has 1 fully saturated rings. The Bertz CT molecular complexity index is 257. The molecule has 1 heterocycles. The van der Waals surface area contributed by atoms with Gasteiger partial charge in [-0.2, -0.15) is 0 Å². The highest BCUT2D eigenvalue weighted by Crippen LogP contribution is 2.04. The van der Waals surface area contributed by atoms with Crippen molar-refractivity contribution in [3.8, 4) is 0 Å². The average Bonchev–Trinajstić information content (AvgIpc) is 2.35. The Kier molecular flexibility index (Phi) is 7.40. The van der Waals surface area contributed by atoms with Crippen molar-refractivity contribution in [2.75, 3.05) is 66.5 Å². The predicted molar refractivity (Wildman–Crippen MR) is 85.2 cm³/mol. The number of β-amino-alcohol motifs (C(OH)–C–C–N with tert-alkyl or cyclic N) is 1. The monoisotopic (exact) mass is 286 g/mol. The third kappa shape index (κ3) is 8.17. The fourth-order valence-corrected chi connectivity index (χ4v) is 2.32. The number of nitrogens with zero attached hydrogens (tertiary/aromatic N) is 3. The average molecular weight is 286 g/mol. The number of aliphatic hydroxyl groups is 1. The maximum Gasteiger partial charge on any atom is 0.0791 e. The molecular weight excluding hydrogens is 252 g/mol. The number of piperazine rings is 1. The summed E-state index contributed by atoms with van der Waals surface area (Å²) in [5, 5.41) is 13.4. The summed E-state index contributed by atoms with van der Waals surface area (Å²) in [6, 6.07) is 0. The van der Waals surface area contributed by atoms with Crippen molar-refractivity contribution in [2.45, 2.75) is 32.4 Å². The van der Waals surface area contributed by atoms with E-state index in [1.165, 1.54) is 0 Å². The summed E-state index contributed by atoms with van der Waals surface area (Å²) in [4.78, 5) is 7.12. The Morgan fingerprint density at radius 1 is 1.10 bits per heavy atom. The van der Waals surface area contributed by atoms with Crippen LogP contribution in [-0.4, -0.2) is 97.9 Å². The van der Waals surface area contributed by atoms with E-state index in [0.29, 0.717) is 6.54 Å². The van der Waals surface area contributed by atoms with Gasteiger partial charge in [0.15, 0.2) is 0 Å². The van der Waals surface area contributed by atoms with E-state index in [2.05, 4.69) is 54.9 Å². The Hall–Kier alpha value is -0.200. The van der Waals surface area contributed by atoms with Gasteiger partial charge in [-0.3, -0.25) is 9.80 Å². The standard InChI is InChI=1S/C15H34N4O/c1-15(2,3)16-12-14(20)13-19-10-8-18(9-11-19)7-6-17(4)5/h14,16,20H,6-13H2,1-5H3. The van der Waals surface area contributed by atoms with Gasteiger partial charge in [0.05, 0.1) is 6.10 Å². The minimum Gasteiger partial charge on any atom is -0.390 e. The highest BCUT2D eigenvalue weighted by Gasteiger charge is 2.20. The van der Waals surface area contributed by atoms with Crippen LogP contribution in [0.4, 0.5) is 0 Å².